The Labute approximate surface area is 734 Å². The fourth-order valence-corrected chi connectivity index (χ4v) is 21.1. The molecule has 13 fully saturated rings. The summed E-state index contributed by atoms with van der Waals surface area (Å²) in [6, 6.07) is -12.8. The van der Waals surface area contributed by atoms with E-state index in [1.165, 1.54) is 53.9 Å². The van der Waals surface area contributed by atoms with E-state index >= 15 is 0 Å². The number of carboxylic acid groups (broad SMARTS) is 1. The van der Waals surface area contributed by atoms with E-state index in [9.17, 15) is 101 Å². The van der Waals surface area contributed by atoms with Crippen molar-refractivity contribution in [3.63, 3.8) is 0 Å². The van der Waals surface area contributed by atoms with Crippen LogP contribution in [0.3, 0.4) is 0 Å². The molecule has 0 aromatic rings. The molecule has 10 N–H and O–H groups in total. The van der Waals surface area contributed by atoms with E-state index < -0.39 is 236 Å². The van der Waals surface area contributed by atoms with Crippen LogP contribution in [0.5, 0.6) is 0 Å². The summed E-state index contributed by atoms with van der Waals surface area (Å²) in [6.45, 7) is -0.214. The average Bonchev–Trinajstić information content (AvgIpc) is 1.61. The van der Waals surface area contributed by atoms with Crippen LogP contribution >= 0.6 is 12.6 Å². The van der Waals surface area contributed by atoms with Crippen molar-refractivity contribution >= 4 is 137 Å². The molecule has 0 bridgehead atoms. The zero-order valence-electron chi connectivity index (χ0n) is 71.2. The van der Waals surface area contributed by atoms with Gasteiger partial charge in [0.15, 0.2) is 0 Å². The predicted octanol–water partition coefficient (Wildman–Crippen LogP) is -7.06. The second-order valence-corrected chi connectivity index (χ2v) is 35.3. The Balaban J connectivity index is 0.513. The van der Waals surface area contributed by atoms with Gasteiger partial charge in [-0.25, -0.2) is 0 Å². The molecule has 126 heavy (non-hydrogen) atoms. The van der Waals surface area contributed by atoms with E-state index in [2.05, 4.69) is 60.5 Å². The number of nitrogens with one attached hydrogen (secondary N) is 9. The van der Waals surface area contributed by atoms with E-state index in [1.54, 1.807) is 4.90 Å². The maximum absolute atomic E-state index is 14.4. The molecular weight excluding hydrogens is 1660 g/mol. The normalized spacial score (nSPS) is 27.3. The Bertz CT molecular complexity index is 4250. The van der Waals surface area contributed by atoms with Gasteiger partial charge in [-0.15, -0.1) is 0 Å². The highest BCUT2D eigenvalue weighted by Crippen LogP contribution is 2.33. The third-order valence-corrected chi connectivity index (χ3v) is 27.6. The molecule has 0 spiro atoms. The fourth-order valence-electron chi connectivity index (χ4n) is 20.9. The number of carboxylic acids is 1. The number of hydrogen-bond donors (Lipinski definition) is 11. The second-order valence-electron chi connectivity index (χ2n) is 34.9. The minimum Gasteiger partial charge on any atom is -0.480 e. The number of thiol groups is 1. The lowest BCUT2D eigenvalue weighted by Crippen LogP contribution is -2.57. The number of carbonyl (C=O) groups is 21. The van der Waals surface area contributed by atoms with Gasteiger partial charge >= 0.3 is 5.97 Å². The number of nitrogens with zero attached hydrogens (tertiary/aromatic N) is 12. The summed E-state index contributed by atoms with van der Waals surface area (Å²) in [5, 5.41) is 33.0. The Morgan fingerprint density at radius 1 is 0.262 bits per heavy atom. The average molecular weight is 1780 g/mol. The lowest BCUT2D eigenvalue weighted by molar-refractivity contribution is -0.148. The van der Waals surface area contributed by atoms with Crippen molar-refractivity contribution in [3.05, 3.63) is 0 Å². The highest BCUT2D eigenvalue weighted by molar-refractivity contribution is 7.80. The summed E-state index contributed by atoms with van der Waals surface area (Å²) < 4.78 is 0. The Morgan fingerprint density at radius 3 is 0.714 bits per heavy atom. The summed E-state index contributed by atoms with van der Waals surface area (Å²) >= 11 is 4.33. The van der Waals surface area contributed by atoms with Gasteiger partial charge in [-0.2, -0.15) is 12.6 Å². The summed E-state index contributed by atoms with van der Waals surface area (Å²) in [5.41, 5.74) is 0. The maximum Gasteiger partial charge on any atom is 0.322 e. The monoisotopic (exact) mass is 1780 g/mol. The van der Waals surface area contributed by atoms with E-state index in [0.717, 1.165) is 13.0 Å². The van der Waals surface area contributed by atoms with Gasteiger partial charge in [0.1, 0.15) is 85.1 Å². The molecule has 14 atom stereocenters. The molecule has 13 saturated heterocycles. The Hall–Kier alpha value is -10.8. The number of aliphatic carboxylic acids is 1. The predicted molar refractivity (Wildman–Crippen MR) is 442 cm³/mol. The van der Waals surface area contributed by atoms with Crippen molar-refractivity contribution in [3.8, 4) is 0 Å². The van der Waals surface area contributed by atoms with Crippen LogP contribution in [0, 0.1) is 0 Å². The maximum atomic E-state index is 14.4. The zero-order chi connectivity index (χ0) is 89.7. The molecule has 13 aliphatic heterocycles. The lowest BCUT2D eigenvalue weighted by Gasteiger charge is -2.32. The van der Waals surface area contributed by atoms with Crippen LogP contribution in [-0.2, 0) is 101 Å². The first-order valence-corrected chi connectivity index (χ1v) is 45.7. The molecule has 0 aromatic carbocycles. The van der Waals surface area contributed by atoms with Crippen molar-refractivity contribution in [1.82, 2.24) is 107 Å². The van der Waals surface area contributed by atoms with Crippen molar-refractivity contribution in [2.45, 2.75) is 252 Å². The van der Waals surface area contributed by atoms with Crippen molar-refractivity contribution in [1.29, 1.82) is 0 Å². The van der Waals surface area contributed by atoms with Gasteiger partial charge in [0.25, 0.3) is 0 Å². The third kappa shape index (κ3) is 20.9. The second kappa shape index (κ2) is 42.2. The number of amides is 20. The first kappa shape index (κ1) is 92.8. The van der Waals surface area contributed by atoms with Crippen LogP contribution < -0.4 is 47.9 Å². The largest absolute Gasteiger partial charge is 0.480 e. The summed E-state index contributed by atoms with van der Waals surface area (Å²) in [6.07, 6.45) is 10.9. The molecule has 0 aliphatic carbocycles. The van der Waals surface area contributed by atoms with Crippen molar-refractivity contribution < 1.29 is 106 Å². The smallest absolute Gasteiger partial charge is 0.322 e. The SMILES string of the molecule is O=C(O)CNC(=O)[C@@H]1CCCN1C(=O)[C@@H]1CCCN1C(=O)CNC(=O)[C@@H]1CCCN1C(=O)[C@@H]1CCCN1C(=O)CNC(=O)[C@@H]1CCCN1C(=O)[C@@H]1CCCN1C(=O)CNC(=O)[C@@H]1CCCN1C(=O)[C@@H]1CCCN1C(=O)CNC(=O)[C@@H]1CCCN1C(=O)[C@H](CS)NC(=O)CNC(=O)[C@@H]1CCCN1C(=O)[C@@H]1CCCN1C(=O)CNC(=O)[C@@H]1CCCN1C(=O)[C@@H]1CCCN1. The summed E-state index contributed by atoms with van der Waals surface area (Å²) in [5.74, 6) is -12.1. The highest BCUT2D eigenvalue weighted by atomic mass is 32.1. The standard InChI is InChI=1S/C82H119N21O22S/c104-62(40-84-69(112)52-17-4-35-99(52)78(121)57-22-9-28-92(57)63(105)41-85-70(113)50-15-2-33-97(50)76(119)48-14-1-27-83-48)91-49(47-126)77(120)98-34-3-16-51(98)71(114)86-42-64(106)93-29-10-23-58(93)79(122)100-36-5-18-53(100)72(115)87-43-65(107)94-30-11-24-59(94)80(123)101-37-6-19-54(101)73(116)88-44-66(108)95-31-12-25-60(95)81(124)102-38-7-20-55(102)74(117)89-45-67(109)96-32-13-26-61(96)82(125)103-39-8-21-56(103)75(118)90-46-68(110)111/h48-61,83,126H,1-47H2,(H,84,112)(H,85,113)(H,86,114)(H,87,115)(H,88,116)(H,89,117)(H,90,118)(H,91,104)(H,110,111)/t48-,49-,50-,51-,52-,53-,54-,55-,56-,57-,58-,59-,60-,61-/m0/s1. The molecule has 0 aromatic heterocycles. The molecule has 43 nitrogen and oxygen atoms in total. The molecule has 690 valence electrons. The van der Waals surface area contributed by atoms with Crippen LogP contribution in [0.2, 0.25) is 0 Å². The van der Waals surface area contributed by atoms with E-state index in [-0.39, 0.29) is 148 Å². The topological polar surface area (TPSA) is 526 Å². The summed E-state index contributed by atoms with van der Waals surface area (Å²) in [7, 11) is 0. The van der Waals surface area contributed by atoms with E-state index in [1.807, 2.05) is 0 Å². The van der Waals surface area contributed by atoms with Gasteiger partial charge in [0.05, 0.1) is 45.3 Å². The van der Waals surface area contributed by atoms with Gasteiger partial charge < -0.3 is 112 Å². The molecule has 13 heterocycles. The first-order chi connectivity index (χ1) is 60.6. The lowest BCUT2D eigenvalue weighted by atomic mass is 10.1. The zero-order valence-corrected chi connectivity index (χ0v) is 72.0. The molecule has 44 heteroatoms. The number of rotatable bonds is 30. The minimum atomic E-state index is -1.24. The van der Waals surface area contributed by atoms with Gasteiger partial charge in [-0.05, 0) is 173 Å². The minimum absolute atomic E-state index is 0.129. The van der Waals surface area contributed by atoms with Crippen molar-refractivity contribution in [2.75, 3.05) is 137 Å². The number of hydrogen-bond acceptors (Lipinski definition) is 23. The van der Waals surface area contributed by atoms with Crippen molar-refractivity contribution in [2.24, 2.45) is 0 Å². The van der Waals surface area contributed by atoms with Crippen LogP contribution in [0.1, 0.15) is 167 Å². The molecule has 0 unspecified atom stereocenters. The molecule has 0 radical (unpaired) electrons. The highest BCUT2D eigenvalue weighted by Gasteiger charge is 2.51. The van der Waals surface area contributed by atoms with Gasteiger partial charge in [-0.3, -0.25) is 101 Å². The molecular formula is C82H119N21O22S. The Kier molecular flexibility index (Phi) is 31.1. The van der Waals surface area contributed by atoms with Crippen LogP contribution in [0.25, 0.3) is 0 Å². The fraction of sp³-hybridized carbons (Fsp3) is 0.744. The number of carbonyl (C=O) groups excluding carboxylic acids is 20. The van der Waals surface area contributed by atoms with Crippen LogP contribution in [0.15, 0.2) is 0 Å². The first-order valence-electron chi connectivity index (χ1n) is 45.0. The molecule has 0 saturated carbocycles. The number of likely N-dealkylation sites (tertiary alicyclic amines) is 12. The quantitative estimate of drug-likeness (QED) is 0.0298. The van der Waals surface area contributed by atoms with E-state index in [4.69, 9.17) is 5.11 Å². The summed E-state index contributed by atoms with van der Waals surface area (Å²) in [4.78, 5) is 304. The molecule has 13 aliphatic rings. The van der Waals surface area contributed by atoms with Gasteiger partial charge in [0.2, 0.25) is 118 Å². The van der Waals surface area contributed by atoms with Gasteiger partial charge in [0, 0.05) is 84.3 Å². The Morgan fingerprint density at radius 2 is 0.476 bits per heavy atom. The van der Waals surface area contributed by atoms with Crippen LogP contribution in [0.4, 0.5) is 0 Å². The molecule has 20 amide bonds. The molecule has 13 rings (SSSR count). The van der Waals surface area contributed by atoms with Crippen LogP contribution in [-0.4, -0.2) is 409 Å². The third-order valence-electron chi connectivity index (χ3n) is 27.2. The van der Waals surface area contributed by atoms with Gasteiger partial charge in [-0.1, -0.05) is 0 Å². The van der Waals surface area contributed by atoms with E-state index in [0.29, 0.717) is 116 Å².